The van der Waals surface area contributed by atoms with Gasteiger partial charge in [0, 0.05) is 6.61 Å². The van der Waals surface area contributed by atoms with Gasteiger partial charge in [0.25, 0.3) is 0 Å². The van der Waals surface area contributed by atoms with E-state index in [0.717, 1.165) is 31.8 Å². The summed E-state index contributed by atoms with van der Waals surface area (Å²) in [5.74, 6) is 1.66. The highest BCUT2D eigenvalue weighted by molar-refractivity contribution is 5.01. The normalized spacial score (nSPS) is 33.1. The van der Waals surface area contributed by atoms with Crippen molar-refractivity contribution in [3.63, 3.8) is 0 Å². The first kappa shape index (κ1) is 20.8. The predicted octanol–water partition coefficient (Wildman–Crippen LogP) is 7.03. The van der Waals surface area contributed by atoms with Gasteiger partial charge in [0.2, 0.25) is 0 Å². The van der Waals surface area contributed by atoms with Crippen molar-refractivity contribution in [3.05, 3.63) is 0 Å². The highest BCUT2D eigenvalue weighted by atomic mass is 16.5. The SMILES string of the molecule is CCCCCC[C@]1(C#N)CC[C@H](CO[C@H]2CC[C@H](CCC)CC2)CC1. The van der Waals surface area contributed by atoms with Crippen LogP contribution in [0.25, 0.3) is 0 Å². The standard InChI is InChI=1S/C23H41NO/c1-3-5-6-7-15-23(19-24)16-13-21(14-17-23)18-25-22-11-9-20(8-4-2)10-12-22/h20-22H,3-18H2,1-2H3/t20-,21-,22-,23-. The molecule has 0 unspecified atom stereocenters. The van der Waals surface area contributed by atoms with Gasteiger partial charge in [-0.15, -0.1) is 0 Å². The van der Waals surface area contributed by atoms with E-state index in [9.17, 15) is 5.26 Å². The lowest BCUT2D eigenvalue weighted by molar-refractivity contribution is -0.0134. The van der Waals surface area contributed by atoms with Gasteiger partial charge in [-0.3, -0.25) is 0 Å². The van der Waals surface area contributed by atoms with Crippen LogP contribution in [0.1, 0.15) is 110 Å². The molecule has 144 valence electrons. The van der Waals surface area contributed by atoms with E-state index in [1.165, 1.54) is 77.0 Å². The van der Waals surface area contributed by atoms with Crippen LogP contribution in [0.5, 0.6) is 0 Å². The van der Waals surface area contributed by atoms with E-state index < -0.39 is 0 Å². The van der Waals surface area contributed by atoms with Crippen molar-refractivity contribution in [1.29, 1.82) is 5.26 Å². The number of rotatable bonds is 10. The Morgan fingerprint density at radius 1 is 0.880 bits per heavy atom. The van der Waals surface area contributed by atoms with Crippen LogP contribution < -0.4 is 0 Å². The Morgan fingerprint density at radius 2 is 1.60 bits per heavy atom. The van der Waals surface area contributed by atoms with E-state index in [1.807, 2.05) is 0 Å². The smallest absolute Gasteiger partial charge is 0.0689 e. The van der Waals surface area contributed by atoms with Gasteiger partial charge < -0.3 is 4.74 Å². The Balaban J connectivity index is 1.62. The lowest BCUT2D eigenvalue weighted by atomic mass is 9.69. The van der Waals surface area contributed by atoms with E-state index in [2.05, 4.69) is 19.9 Å². The molecule has 0 spiro atoms. The Kier molecular flexibility index (Phi) is 9.32. The fourth-order valence-electron chi connectivity index (χ4n) is 4.97. The average Bonchev–Trinajstić information content (AvgIpc) is 2.66. The van der Waals surface area contributed by atoms with Gasteiger partial charge in [-0.25, -0.2) is 0 Å². The van der Waals surface area contributed by atoms with Gasteiger partial charge in [-0.05, 0) is 69.6 Å². The molecular weight excluding hydrogens is 306 g/mol. The molecule has 2 aliphatic rings. The number of nitriles is 1. The minimum atomic E-state index is -0.0115. The number of ether oxygens (including phenoxy) is 1. The fraction of sp³-hybridized carbons (Fsp3) is 0.957. The summed E-state index contributed by atoms with van der Waals surface area (Å²) in [5.41, 5.74) is -0.0115. The molecule has 2 nitrogen and oxygen atoms in total. The molecule has 0 radical (unpaired) electrons. The number of hydrogen-bond donors (Lipinski definition) is 0. The quantitative estimate of drug-likeness (QED) is 0.397. The van der Waals surface area contributed by atoms with Gasteiger partial charge in [-0.1, -0.05) is 52.4 Å². The van der Waals surface area contributed by atoms with Crippen molar-refractivity contribution in [2.24, 2.45) is 17.3 Å². The zero-order chi connectivity index (χ0) is 18.0. The van der Waals surface area contributed by atoms with Crippen LogP contribution in [-0.4, -0.2) is 12.7 Å². The summed E-state index contributed by atoms with van der Waals surface area (Å²) in [7, 11) is 0. The molecule has 0 saturated heterocycles. The summed E-state index contributed by atoms with van der Waals surface area (Å²) in [6.07, 6.45) is 19.4. The van der Waals surface area contributed by atoms with Crippen molar-refractivity contribution in [1.82, 2.24) is 0 Å². The molecule has 2 saturated carbocycles. The molecule has 2 heteroatoms. The Labute approximate surface area is 156 Å². The molecule has 2 aliphatic carbocycles. The fourth-order valence-corrected chi connectivity index (χ4v) is 4.97. The van der Waals surface area contributed by atoms with Gasteiger partial charge in [0.05, 0.1) is 17.6 Å². The maximum absolute atomic E-state index is 9.71. The summed E-state index contributed by atoms with van der Waals surface area (Å²) >= 11 is 0. The number of nitrogens with zero attached hydrogens (tertiary/aromatic N) is 1. The van der Waals surface area contributed by atoms with Crippen LogP contribution in [0, 0.1) is 28.6 Å². The van der Waals surface area contributed by atoms with E-state index in [4.69, 9.17) is 4.74 Å². The van der Waals surface area contributed by atoms with Gasteiger partial charge in [-0.2, -0.15) is 5.26 Å². The minimum absolute atomic E-state index is 0.0115. The average molecular weight is 348 g/mol. The van der Waals surface area contributed by atoms with Crippen LogP contribution in [0.2, 0.25) is 0 Å². The zero-order valence-corrected chi connectivity index (χ0v) is 16.9. The third kappa shape index (κ3) is 6.93. The number of hydrogen-bond acceptors (Lipinski definition) is 2. The maximum atomic E-state index is 9.71. The summed E-state index contributed by atoms with van der Waals surface area (Å²) < 4.78 is 6.28. The third-order valence-corrected chi connectivity index (χ3v) is 6.87. The van der Waals surface area contributed by atoms with Gasteiger partial charge >= 0.3 is 0 Å². The predicted molar refractivity (Wildman–Crippen MR) is 105 cm³/mol. The van der Waals surface area contributed by atoms with Gasteiger partial charge in [0.15, 0.2) is 0 Å². The molecule has 0 bridgehead atoms. The van der Waals surface area contributed by atoms with Crippen LogP contribution in [-0.2, 0) is 4.74 Å². The maximum Gasteiger partial charge on any atom is 0.0689 e. The van der Waals surface area contributed by atoms with Crippen LogP contribution in [0.3, 0.4) is 0 Å². The lowest BCUT2D eigenvalue weighted by Gasteiger charge is -2.36. The highest BCUT2D eigenvalue weighted by Crippen LogP contribution is 2.42. The molecule has 25 heavy (non-hydrogen) atoms. The van der Waals surface area contributed by atoms with Crippen molar-refractivity contribution < 1.29 is 4.74 Å². The molecule has 0 aromatic carbocycles. The molecule has 0 amide bonds. The zero-order valence-electron chi connectivity index (χ0n) is 16.9. The first-order valence-corrected chi connectivity index (χ1v) is 11.2. The molecule has 0 aliphatic heterocycles. The van der Waals surface area contributed by atoms with Crippen molar-refractivity contribution in [2.75, 3.05) is 6.61 Å². The third-order valence-electron chi connectivity index (χ3n) is 6.87. The topological polar surface area (TPSA) is 33.0 Å². The molecule has 0 aromatic heterocycles. The van der Waals surface area contributed by atoms with E-state index in [1.54, 1.807) is 0 Å². The molecule has 2 fully saturated rings. The second kappa shape index (κ2) is 11.2. The van der Waals surface area contributed by atoms with Crippen LogP contribution in [0.4, 0.5) is 0 Å². The van der Waals surface area contributed by atoms with Crippen LogP contribution >= 0.6 is 0 Å². The second-order valence-corrected chi connectivity index (χ2v) is 8.91. The largest absolute Gasteiger partial charge is 0.378 e. The molecule has 0 atom stereocenters. The van der Waals surface area contributed by atoms with E-state index >= 15 is 0 Å². The van der Waals surface area contributed by atoms with Crippen molar-refractivity contribution in [2.45, 2.75) is 116 Å². The molecule has 2 rings (SSSR count). The van der Waals surface area contributed by atoms with Crippen molar-refractivity contribution in [3.8, 4) is 6.07 Å². The van der Waals surface area contributed by atoms with Crippen LogP contribution in [0.15, 0.2) is 0 Å². The Hall–Kier alpha value is -0.550. The molecular formula is C23H41NO. The monoisotopic (exact) mass is 347 g/mol. The first-order valence-electron chi connectivity index (χ1n) is 11.2. The molecule has 0 N–H and O–H groups in total. The summed E-state index contributed by atoms with van der Waals surface area (Å²) in [6, 6.07) is 2.70. The first-order chi connectivity index (χ1) is 12.2. The van der Waals surface area contributed by atoms with Gasteiger partial charge in [0.1, 0.15) is 0 Å². The minimum Gasteiger partial charge on any atom is -0.378 e. The van der Waals surface area contributed by atoms with E-state index in [0.29, 0.717) is 12.0 Å². The Bertz CT molecular complexity index is 383. The summed E-state index contributed by atoms with van der Waals surface area (Å²) in [4.78, 5) is 0. The molecule has 0 aromatic rings. The number of unbranched alkanes of at least 4 members (excludes halogenated alkanes) is 3. The second-order valence-electron chi connectivity index (χ2n) is 8.91. The van der Waals surface area contributed by atoms with Crippen molar-refractivity contribution >= 4 is 0 Å². The highest BCUT2D eigenvalue weighted by Gasteiger charge is 2.35. The van der Waals surface area contributed by atoms with E-state index in [-0.39, 0.29) is 5.41 Å². The molecule has 0 heterocycles. The lowest BCUT2D eigenvalue weighted by Crippen LogP contribution is -2.30. The Morgan fingerprint density at radius 3 is 2.20 bits per heavy atom. The summed E-state index contributed by atoms with van der Waals surface area (Å²) in [5, 5.41) is 9.71. The summed E-state index contributed by atoms with van der Waals surface area (Å²) in [6.45, 7) is 5.50.